The van der Waals surface area contributed by atoms with E-state index in [0.29, 0.717) is 11.3 Å². The minimum Gasteiger partial charge on any atom is -0.346 e. The highest BCUT2D eigenvalue weighted by molar-refractivity contribution is 6.47. The van der Waals surface area contributed by atoms with Crippen molar-refractivity contribution in [1.82, 2.24) is 5.32 Å². The second-order valence-corrected chi connectivity index (χ2v) is 7.19. The zero-order valence-corrected chi connectivity index (χ0v) is 17.7. The second-order valence-electron chi connectivity index (χ2n) is 7.19. The Morgan fingerprint density at radius 2 is 1.38 bits per heavy atom. The predicted octanol–water partition coefficient (Wildman–Crippen LogP) is 3.96. The number of benzene rings is 3. The molecule has 7 heteroatoms. The maximum atomic E-state index is 12.6. The normalized spacial score (nSPS) is 11.2. The van der Waals surface area contributed by atoms with E-state index in [4.69, 9.17) is 0 Å². The van der Waals surface area contributed by atoms with E-state index >= 15 is 0 Å². The molecular formula is C25H23N3O4. The Balaban J connectivity index is 1.64. The predicted molar refractivity (Wildman–Crippen MR) is 122 cm³/mol. The van der Waals surface area contributed by atoms with Crippen molar-refractivity contribution in [3.63, 3.8) is 0 Å². The summed E-state index contributed by atoms with van der Waals surface area (Å²) in [4.78, 5) is 48.8. The third-order valence-corrected chi connectivity index (χ3v) is 4.74. The Hall–Kier alpha value is -4.26. The van der Waals surface area contributed by atoms with E-state index in [1.54, 1.807) is 42.5 Å². The molecule has 0 fully saturated rings. The van der Waals surface area contributed by atoms with E-state index < -0.39 is 11.7 Å². The highest BCUT2D eigenvalue weighted by Gasteiger charge is 2.20. The van der Waals surface area contributed by atoms with Crippen LogP contribution in [0.5, 0.6) is 0 Å². The molecule has 0 aliphatic rings. The number of carbonyl (C=O) groups excluding carboxylic acids is 4. The summed E-state index contributed by atoms with van der Waals surface area (Å²) in [6.07, 6.45) is 0. The quantitative estimate of drug-likeness (QED) is 0.391. The summed E-state index contributed by atoms with van der Waals surface area (Å²) < 4.78 is 0. The fourth-order valence-electron chi connectivity index (χ4n) is 3.10. The lowest BCUT2D eigenvalue weighted by Gasteiger charge is -2.14. The highest BCUT2D eigenvalue weighted by atomic mass is 16.2. The minimum absolute atomic E-state index is 0.0890. The summed E-state index contributed by atoms with van der Waals surface area (Å²) in [5, 5.41) is 7.98. The molecule has 3 amide bonds. The van der Waals surface area contributed by atoms with Gasteiger partial charge in [0, 0.05) is 18.2 Å². The van der Waals surface area contributed by atoms with Gasteiger partial charge in [0.25, 0.3) is 17.6 Å². The molecule has 0 saturated carbocycles. The van der Waals surface area contributed by atoms with Crippen LogP contribution in [-0.2, 0) is 9.59 Å². The number of ketones is 1. The minimum atomic E-state index is -0.849. The lowest BCUT2D eigenvalue weighted by molar-refractivity contribution is -0.114. The molecule has 0 bridgehead atoms. The van der Waals surface area contributed by atoms with Gasteiger partial charge in [0.15, 0.2) is 0 Å². The number of para-hydroxylation sites is 1. The van der Waals surface area contributed by atoms with Gasteiger partial charge in [0.1, 0.15) is 0 Å². The van der Waals surface area contributed by atoms with Gasteiger partial charge in [-0.1, -0.05) is 42.5 Å². The largest absolute Gasteiger partial charge is 0.346 e. The third-order valence-electron chi connectivity index (χ3n) is 4.74. The van der Waals surface area contributed by atoms with Crippen molar-refractivity contribution in [3.05, 3.63) is 95.6 Å². The number of hydrogen-bond donors (Lipinski definition) is 3. The van der Waals surface area contributed by atoms with Gasteiger partial charge in [-0.2, -0.15) is 0 Å². The van der Waals surface area contributed by atoms with Crippen LogP contribution in [0.25, 0.3) is 0 Å². The average Bonchev–Trinajstić information content (AvgIpc) is 2.79. The Morgan fingerprint density at radius 3 is 2.03 bits per heavy atom. The number of Topliss-reactive ketones (excluding diaryl/α,β-unsaturated/α-hetero) is 1. The summed E-state index contributed by atoms with van der Waals surface area (Å²) in [7, 11) is 0. The van der Waals surface area contributed by atoms with Crippen molar-refractivity contribution >= 4 is 34.9 Å². The Labute approximate surface area is 185 Å². The second kappa shape index (κ2) is 10.2. The topological polar surface area (TPSA) is 104 Å². The Bertz CT molecular complexity index is 1140. The number of amides is 3. The van der Waals surface area contributed by atoms with Crippen LogP contribution >= 0.6 is 0 Å². The molecule has 0 unspecified atom stereocenters. The van der Waals surface area contributed by atoms with E-state index in [-0.39, 0.29) is 29.1 Å². The molecule has 3 rings (SSSR count). The van der Waals surface area contributed by atoms with Crippen molar-refractivity contribution in [1.29, 1.82) is 0 Å². The fraction of sp³-hybridized carbons (Fsp3) is 0.120. The average molecular weight is 429 g/mol. The first-order valence-corrected chi connectivity index (χ1v) is 10.0. The molecule has 162 valence electrons. The number of carbonyl (C=O) groups is 4. The van der Waals surface area contributed by atoms with E-state index in [1.165, 1.54) is 13.0 Å². The molecule has 32 heavy (non-hydrogen) atoms. The van der Waals surface area contributed by atoms with Crippen molar-refractivity contribution in [3.8, 4) is 0 Å². The van der Waals surface area contributed by atoms with Gasteiger partial charge in [-0.3, -0.25) is 19.2 Å². The first kappa shape index (κ1) is 22.4. The van der Waals surface area contributed by atoms with Crippen molar-refractivity contribution in [2.24, 2.45) is 0 Å². The molecule has 0 saturated heterocycles. The maximum Gasteiger partial charge on any atom is 0.296 e. The number of anilines is 2. The lowest BCUT2D eigenvalue weighted by atomic mass is 10.1. The molecule has 0 heterocycles. The SMILES string of the molecule is CC(=O)Nc1ccccc1C(=O)C(=O)Nc1ccc(C(=O)N[C@@H](C)c2ccccc2)cc1. The Kier molecular flexibility index (Phi) is 7.13. The number of rotatable bonds is 7. The van der Waals surface area contributed by atoms with Crippen LogP contribution in [0.2, 0.25) is 0 Å². The lowest BCUT2D eigenvalue weighted by Crippen LogP contribution is -2.26. The van der Waals surface area contributed by atoms with Gasteiger partial charge in [-0.05, 0) is 48.9 Å². The van der Waals surface area contributed by atoms with Crippen LogP contribution in [0, 0.1) is 0 Å². The monoisotopic (exact) mass is 429 g/mol. The first-order chi connectivity index (χ1) is 15.3. The number of hydrogen-bond acceptors (Lipinski definition) is 4. The maximum absolute atomic E-state index is 12.6. The summed E-state index contributed by atoms with van der Waals surface area (Å²) in [5.74, 6) is -2.23. The molecule has 1 atom stereocenters. The molecule has 3 aromatic rings. The van der Waals surface area contributed by atoms with Crippen molar-refractivity contribution in [2.45, 2.75) is 19.9 Å². The van der Waals surface area contributed by atoms with Crippen LogP contribution in [0.15, 0.2) is 78.9 Å². The summed E-state index contributed by atoms with van der Waals surface area (Å²) in [5.41, 5.74) is 2.13. The summed E-state index contributed by atoms with van der Waals surface area (Å²) in [6, 6.07) is 21.9. The van der Waals surface area contributed by atoms with Crippen LogP contribution in [-0.4, -0.2) is 23.5 Å². The van der Waals surface area contributed by atoms with Crippen LogP contribution in [0.1, 0.15) is 46.2 Å². The van der Waals surface area contributed by atoms with Crippen molar-refractivity contribution in [2.75, 3.05) is 10.6 Å². The summed E-state index contributed by atoms with van der Waals surface area (Å²) in [6.45, 7) is 3.21. The van der Waals surface area contributed by atoms with Crippen molar-refractivity contribution < 1.29 is 19.2 Å². The van der Waals surface area contributed by atoms with E-state index in [9.17, 15) is 19.2 Å². The fourth-order valence-corrected chi connectivity index (χ4v) is 3.10. The van der Waals surface area contributed by atoms with Gasteiger partial charge >= 0.3 is 0 Å². The van der Waals surface area contributed by atoms with Gasteiger partial charge in [-0.15, -0.1) is 0 Å². The molecule has 0 aliphatic heterocycles. The molecular weight excluding hydrogens is 406 g/mol. The molecule has 0 radical (unpaired) electrons. The van der Waals surface area contributed by atoms with Gasteiger partial charge in [0.05, 0.1) is 17.3 Å². The van der Waals surface area contributed by atoms with Gasteiger partial charge < -0.3 is 16.0 Å². The van der Waals surface area contributed by atoms with Crippen LogP contribution in [0.4, 0.5) is 11.4 Å². The van der Waals surface area contributed by atoms with Gasteiger partial charge in [0.2, 0.25) is 5.91 Å². The summed E-state index contributed by atoms with van der Waals surface area (Å²) >= 11 is 0. The van der Waals surface area contributed by atoms with Crippen LogP contribution in [0.3, 0.4) is 0 Å². The van der Waals surface area contributed by atoms with Crippen LogP contribution < -0.4 is 16.0 Å². The Morgan fingerprint density at radius 1 is 0.750 bits per heavy atom. The smallest absolute Gasteiger partial charge is 0.296 e. The van der Waals surface area contributed by atoms with E-state index in [2.05, 4.69) is 16.0 Å². The van der Waals surface area contributed by atoms with E-state index in [1.807, 2.05) is 37.3 Å². The standard InChI is InChI=1S/C25H23N3O4/c1-16(18-8-4-3-5-9-18)26-24(31)19-12-14-20(15-13-19)28-25(32)23(30)21-10-6-7-11-22(21)27-17(2)29/h3-16H,1-2H3,(H,26,31)(H,27,29)(H,28,32)/t16-/m0/s1. The molecule has 7 nitrogen and oxygen atoms in total. The number of nitrogens with one attached hydrogen (secondary N) is 3. The van der Waals surface area contributed by atoms with E-state index in [0.717, 1.165) is 5.56 Å². The molecule has 0 aromatic heterocycles. The first-order valence-electron chi connectivity index (χ1n) is 10.0. The zero-order valence-electron chi connectivity index (χ0n) is 17.7. The van der Waals surface area contributed by atoms with Gasteiger partial charge in [-0.25, -0.2) is 0 Å². The molecule has 3 N–H and O–H groups in total. The molecule has 3 aromatic carbocycles. The third kappa shape index (κ3) is 5.66. The molecule has 0 aliphatic carbocycles. The molecule has 0 spiro atoms. The highest BCUT2D eigenvalue weighted by Crippen LogP contribution is 2.18. The zero-order chi connectivity index (χ0) is 23.1.